The van der Waals surface area contributed by atoms with E-state index in [0.717, 1.165) is 25.9 Å². The number of carbonyl (C=O) groups excluding carboxylic acids is 1. The second kappa shape index (κ2) is 4.49. The van der Waals surface area contributed by atoms with Gasteiger partial charge in [0.25, 0.3) is 5.91 Å². The maximum Gasteiger partial charge on any atom is 0.270 e. The van der Waals surface area contributed by atoms with Crippen LogP contribution in [-0.4, -0.2) is 40.6 Å². The van der Waals surface area contributed by atoms with Gasteiger partial charge in [0.1, 0.15) is 5.69 Å². The van der Waals surface area contributed by atoms with E-state index in [2.05, 4.69) is 4.98 Å². The highest BCUT2D eigenvalue weighted by Gasteiger charge is 2.26. The topological polar surface area (TPSA) is 56.3 Å². The van der Waals surface area contributed by atoms with E-state index in [4.69, 9.17) is 5.11 Å². The highest BCUT2D eigenvalue weighted by Crippen LogP contribution is 2.20. The van der Waals surface area contributed by atoms with Crippen LogP contribution in [0.3, 0.4) is 0 Å². The summed E-state index contributed by atoms with van der Waals surface area (Å²) in [4.78, 5) is 16.7. The van der Waals surface area contributed by atoms with Crippen molar-refractivity contribution in [3.63, 3.8) is 0 Å². The van der Waals surface area contributed by atoms with Gasteiger partial charge in [0.15, 0.2) is 0 Å². The molecule has 1 saturated heterocycles. The van der Waals surface area contributed by atoms with Gasteiger partial charge in [-0.1, -0.05) is 0 Å². The maximum atomic E-state index is 11.9. The summed E-state index contributed by atoms with van der Waals surface area (Å²) in [5.74, 6) is 0.536. The Morgan fingerprint density at radius 3 is 3.20 bits per heavy atom. The molecule has 1 aromatic rings. The van der Waals surface area contributed by atoms with E-state index in [0.29, 0.717) is 11.6 Å². The summed E-state index contributed by atoms with van der Waals surface area (Å²) in [6.45, 7) is 1.80. The molecule has 82 valence electrons. The Kier molecular flexibility index (Phi) is 3.06. The van der Waals surface area contributed by atoms with Crippen molar-refractivity contribution < 1.29 is 9.90 Å². The third-order valence-corrected chi connectivity index (χ3v) is 2.94. The van der Waals surface area contributed by atoms with Crippen LogP contribution >= 0.6 is 0 Å². The lowest BCUT2D eigenvalue weighted by molar-refractivity contribution is 0.0779. The molecule has 1 aliphatic heterocycles. The lowest BCUT2D eigenvalue weighted by Gasteiger charge is -2.15. The van der Waals surface area contributed by atoms with Crippen molar-refractivity contribution >= 4 is 5.91 Å². The largest absolute Gasteiger partial charge is 0.396 e. The van der Waals surface area contributed by atoms with Crippen LogP contribution in [0.4, 0.5) is 0 Å². The number of amides is 1. The molecule has 2 N–H and O–H groups in total. The summed E-state index contributed by atoms with van der Waals surface area (Å²) in [6.07, 6.45) is 3.57. The Morgan fingerprint density at radius 1 is 1.67 bits per heavy atom. The molecule has 0 aliphatic carbocycles. The van der Waals surface area contributed by atoms with E-state index in [-0.39, 0.29) is 12.5 Å². The van der Waals surface area contributed by atoms with Crippen LogP contribution in [0, 0.1) is 5.92 Å². The normalized spacial score (nSPS) is 20.9. The Hall–Kier alpha value is -1.29. The average molecular weight is 208 g/mol. The Morgan fingerprint density at radius 2 is 2.53 bits per heavy atom. The third-order valence-electron chi connectivity index (χ3n) is 2.94. The molecule has 0 radical (unpaired) electrons. The first-order valence-electron chi connectivity index (χ1n) is 5.35. The second-order valence-electron chi connectivity index (χ2n) is 4.00. The molecular formula is C11H16N2O2. The second-order valence-corrected chi connectivity index (χ2v) is 4.00. The van der Waals surface area contributed by atoms with Crippen LogP contribution in [0.15, 0.2) is 18.3 Å². The van der Waals surface area contributed by atoms with E-state index < -0.39 is 0 Å². The van der Waals surface area contributed by atoms with Gasteiger partial charge in [0, 0.05) is 25.9 Å². The summed E-state index contributed by atoms with van der Waals surface area (Å²) in [5, 5.41) is 8.83. The van der Waals surface area contributed by atoms with Crippen LogP contribution in [0.2, 0.25) is 0 Å². The molecule has 0 bridgehead atoms. The number of nitrogens with zero attached hydrogens (tertiary/aromatic N) is 1. The number of rotatable bonds is 3. The zero-order valence-corrected chi connectivity index (χ0v) is 8.65. The third kappa shape index (κ3) is 2.21. The van der Waals surface area contributed by atoms with Crippen molar-refractivity contribution in [1.82, 2.24) is 9.88 Å². The zero-order chi connectivity index (χ0) is 10.7. The molecule has 1 aliphatic rings. The van der Waals surface area contributed by atoms with Crippen LogP contribution in [-0.2, 0) is 0 Å². The number of nitrogens with one attached hydrogen (secondary N) is 1. The smallest absolute Gasteiger partial charge is 0.270 e. The minimum atomic E-state index is 0.0699. The minimum absolute atomic E-state index is 0.0699. The van der Waals surface area contributed by atoms with E-state index in [1.807, 2.05) is 11.0 Å². The summed E-state index contributed by atoms with van der Waals surface area (Å²) in [5.41, 5.74) is 0.652. The molecule has 1 atom stereocenters. The summed E-state index contributed by atoms with van der Waals surface area (Å²) in [6, 6.07) is 3.62. The number of H-pyrrole nitrogens is 1. The summed E-state index contributed by atoms with van der Waals surface area (Å²) in [7, 11) is 0. The fourth-order valence-corrected chi connectivity index (χ4v) is 2.07. The van der Waals surface area contributed by atoms with Gasteiger partial charge in [0.2, 0.25) is 0 Å². The molecule has 1 aromatic heterocycles. The van der Waals surface area contributed by atoms with Crippen molar-refractivity contribution in [3.05, 3.63) is 24.0 Å². The molecule has 1 amide bonds. The fraction of sp³-hybridized carbons (Fsp3) is 0.545. The number of hydrogen-bond acceptors (Lipinski definition) is 2. The molecule has 2 rings (SSSR count). The lowest BCUT2D eigenvalue weighted by atomic mass is 10.1. The Labute approximate surface area is 88.9 Å². The van der Waals surface area contributed by atoms with Gasteiger partial charge in [-0.05, 0) is 30.9 Å². The van der Waals surface area contributed by atoms with Crippen molar-refractivity contribution in [2.24, 2.45) is 5.92 Å². The van der Waals surface area contributed by atoms with E-state index >= 15 is 0 Å². The van der Waals surface area contributed by atoms with E-state index in [1.165, 1.54) is 0 Å². The quantitative estimate of drug-likeness (QED) is 0.774. The van der Waals surface area contributed by atoms with E-state index in [1.54, 1.807) is 12.3 Å². The van der Waals surface area contributed by atoms with Gasteiger partial charge in [-0.25, -0.2) is 0 Å². The maximum absolute atomic E-state index is 11.9. The van der Waals surface area contributed by atoms with Gasteiger partial charge >= 0.3 is 0 Å². The first-order chi connectivity index (χ1) is 7.31. The van der Waals surface area contributed by atoms with Crippen LogP contribution in [0.5, 0.6) is 0 Å². The average Bonchev–Trinajstić information content (AvgIpc) is 2.87. The number of aromatic nitrogens is 1. The van der Waals surface area contributed by atoms with Gasteiger partial charge in [0.05, 0.1) is 0 Å². The number of aliphatic hydroxyl groups is 1. The molecule has 2 heterocycles. The molecule has 0 aromatic carbocycles. The number of carbonyl (C=O) groups is 1. The predicted octanol–water partition coefficient (Wildman–Crippen LogP) is 0.859. The van der Waals surface area contributed by atoms with Crippen molar-refractivity contribution in [3.8, 4) is 0 Å². The number of hydrogen-bond donors (Lipinski definition) is 2. The minimum Gasteiger partial charge on any atom is -0.396 e. The van der Waals surface area contributed by atoms with Crippen LogP contribution in [0.1, 0.15) is 23.3 Å². The molecule has 0 spiro atoms. The highest BCUT2D eigenvalue weighted by molar-refractivity contribution is 5.92. The molecule has 4 nitrogen and oxygen atoms in total. The summed E-state index contributed by atoms with van der Waals surface area (Å²) >= 11 is 0. The molecule has 0 saturated carbocycles. The number of aromatic amines is 1. The molecule has 1 fully saturated rings. The molecule has 1 unspecified atom stereocenters. The summed E-state index contributed by atoms with van der Waals surface area (Å²) < 4.78 is 0. The molecule has 15 heavy (non-hydrogen) atoms. The van der Waals surface area contributed by atoms with Crippen LogP contribution in [0.25, 0.3) is 0 Å². The van der Waals surface area contributed by atoms with Crippen molar-refractivity contribution in [2.45, 2.75) is 12.8 Å². The zero-order valence-electron chi connectivity index (χ0n) is 8.65. The van der Waals surface area contributed by atoms with Gasteiger partial charge in [-0.15, -0.1) is 0 Å². The standard InChI is InChI=1S/C11H16N2O2/c14-7-4-9-3-6-13(8-9)11(15)10-2-1-5-12-10/h1-2,5,9,12,14H,3-4,6-8H2. The Balaban J connectivity index is 1.93. The molecular weight excluding hydrogens is 192 g/mol. The van der Waals surface area contributed by atoms with Gasteiger partial charge < -0.3 is 15.0 Å². The molecule has 4 heteroatoms. The number of likely N-dealkylation sites (tertiary alicyclic amines) is 1. The van der Waals surface area contributed by atoms with Crippen LogP contribution < -0.4 is 0 Å². The Bertz CT molecular complexity index is 321. The first kappa shape index (κ1) is 10.2. The highest BCUT2D eigenvalue weighted by atomic mass is 16.3. The first-order valence-corrected chi connectivity index (χ1v) is 5.35. The lowest BCUT2D eigenvalue weighted by Crippen LogP contribution is -2.29. The van der Waals surface area contributed by atoms with Gasteiger partial charge in [-0.2, -0.15) is 0 Å². The van der Waals surface area contributed by atoms with Crippen molar-refractivity contribution in [2.75, 3.05) is 19.7 Å². The van der Waals surface area contributed by atoms with E-state index in [9.17, 15) is 4.79 Å². The monoisotopic (exact) mass is 208 g/mol. The van der Waals surface area contributed by atoms with Crippen molar-refractivity contribution in [1.29, 1.82) is 0 Å². The van der Waals surface area contributed by atoms with Gasteiger partial charge in [-0.3, -0.25) is 4.79 Å². The SMILES string of the molecule is O=C(c1ccc[nH]1)N1CCC(CCO)C1. The number of aliphatic hydroxyl groups excluding tert-OH is 1. The fourth-order valence-electron chi connectivity index (χ4n) is 2.07. The predicted molar refractivity (Wildman–Crippen MR) is 56.5 cm³/mol.